The summed E-state index contributed by atoms with van der Waals surface area (Å²) in [6.07, 6.45) is -2.04. The van der Waals surface area contributed by atoms with Gasteiger partial charge in [-0.15, -0.1) is 0 Å². The second kappa shape index (κ2) is 7.60. The van der Waals surface area contributed by atoms with Crippen molar-refractivity contribution in [3.05, 3.63) is 36.2 Å². The maximum atomic E-state index is 10.4. The summed E-state index contributed by atoms with van der Waals surface area (Å²) >= 11 is 0. The lowest BCUT2D eigenvalue weighted by Gasteiger charge is -2.18. The van der Waals surface area contributed by atoms with Gasteiger partial charge in [-0.25, -0.2) is 20.4 Å². The lowest BCUT2D eigenvalue weighted by Crippen LogP contribution is -2.33. The zero-order valence-corrected chi connectivity index (χ0v) is 15.0. The van der Waals surface area contributed by atoms with Gasteiger partial charge in [-0.2, -0.15) is 5.10 Å². The maximum Gasteiger partial charge on any atom is 0.228 e. The number of hydrogen-bond acceptors (Lipinski definition) is 11. The molecule has 12 heteroatoms. The molecule has 3 aromatic rings. The predicted octanol–water partition coefficient (Wildman–Crippen LogP) is -0.828. The van der Waals surface area contributed by atoms with Crippen LogP contribution in [0.1, 0.15) is 11.8 Å². The lowest BCUT2D eigenvalue weighted by atomic mass is 10.1. The van der Waals surface area contributed by atoms with E-state index in [1.54, 1.807) is 12.1 Å². The number of aromatic hydroxyl groups is 1. The summed E-state index contributed by atoms with van der Waals surface area (Å²) in [5.74, 6) is 0.328. The Balaban J connectivity index is 1.72. The van der Waals surface area contributed by atoms with E-state index in [2.05, 4.69) is 25.5 Å². The fraction of sp³-hybridized carbons (Fsp3) is 0.294. The van der Waals surface area contributed by atoms with Crippen LogP contribution in [0.3, 0.4) is 0 Å². The molecule has 152 valence electrons. The number of phenolic OH excluding ortho intramolecular Hbond substituents is 1. The minimum atomic E-state index is -1.35. The maximum absolute atomic E-state index is 10.4. The molecular formula is C17H19N7O5. The predicted molar refractivity (Wildman–Crippen MR) is 102 cm³/mol. The number of hydrazone groups is 1. The summed E-state index contributed by atoms with van der Waals surface area (Å²) in [6.45, 7) is -0.475. The minimum absolute atomic E-state index is 0.0933. The highest BCUT2D eigenvalue weighted by Gasteiger charge is 2.45. The number of aliphatic hydroxyl groups is 3. The molecule has 1 aliphatic rings. The Morgan fingerprint density at radius 2 is 2.10 bits per heavy atom. The van der Waals surface area contributed by atoms with Crippen molar-refractivity contribution in [2.75, 3.05) is 17.8 Å². The molecule has 3 heterocycles. The number of anilines is 2. The molecule has 7 N–H and O–H groups in total. The average molecular weight is 401 g/mol. The number of phenols is 1. The van der Waals surface area contributed by atoms with E-state index in [1.165, 1.54) is 29.2 Å². The zero-order valence-electron chi connectivity index (χ0n) is 15.0. The molecular weight excluding hydrogens is 382 g/mol. The van der Waals surface area contributed by atoms with Crippen LogP contribution in [-0.4, -0.2) is 71.1 Å². The van der Waals surface area contributed by atoms with E-state index in [4.69, 9.17) is 10.5 Å². The molecule has 0 amide bonds. The van der Waals surface area contributed by atoms with Gasteiger partial charge in [0, 0.05) is 0 Å². The first-order valence-corrected chi connectivity index (χ1v) is 8.68. The van der Waals surface area contributed by atoms with E-state index < -0.39 is 31.1 Å². The first kappa shape index (κ1) is 19.0. The monoisotopic (exact) mass is 401 g/mol. The molecule has 12 nitrogen and oxygen atoms in total. The van der Waals surface area contributed by atoms with Crippen LogP contribution < -0.4 is 11.2 Å². The third kappa shape index (κ3) is 3.45. The first-order valence-electron chi connectivity index (χ1n) is 8.68. The third-order valence-electron chi connectivity index (χ3n) is 4.53. The summed E-state index contributed by atoms with van der Waals surface area (Å²) in [7, 11) is 0. The normalized spacial score (nSPS) is 24.5. The molecule has 4 rings (SSSR count). The lowest BCUT2D eigenvalue weighted by molar-refractivity contribution is -0.0501. The topological polar surface area (TPSA) is 184 Å². The van der Waals surface area contributed by atoms with Gasteiger partial charge in [0.1, 0.15) is 30.4 Å². The number of benzene rings is 1. The van der Waals surface area contributed by atoms with E-state index in [9.17, 15) is 20.4 Å². The van der Waals surface area contributed by atoms with Gasteiger partial charge in [-0.1, -0.05) is 12.1 Å². The van der Waals surface area contributed by atoms with Crippen LogP contribution in [0.2, 0.25) is 0 Å². The molecule has 0 radical (unpaired) electrons. The molecule has 4 atom stereocenters. The van der Waals surface area contributed by atoms with E-state index in [-0.39, 0.29) is 28.7 Å². The Morgan fingerprint density at radius 3 is 2.83 bits per heavy atom. The van der Waals surface area contributed by atoms with Crippen LogP contribution in [0.25, 0.3) is 11.2 Å². The second-order valence-corrected chi connectivity index (χ2v) is 6.43. The van der Waals surface area contributed by atoms with Crippen molar-refractivity contribution in [1.82, 2.24) is 19.5 Å². The fourth-order valence-electron chi connectivity index (χ4n) is 3.11. The molecule has 0 bridgehead atoms. The summed E-state index contributed by atoms with van der Waals surface area (Å²) in [5.41, 5.74) is 9.73. The van der Waals surface area contributed by atoms with Crippen molar-refractivity contribution in [2.24, 2.45) is 5.10 Å². The van der Waals surface area contributed by atoms with Gasteiger partial charge >= 0.3 is 0 Å². The molecule has 1 fully saturated rings. The number of nitrogens with one attached hydrogen (secondary N) is 1. The SMILES string of the molecule is Nc1ncnc2c1nc(N/N=C\c1cccc(O)c1)n2[C@H]1O[C@@H](CO)[C@@H](O)[C@@H]1O. The molecule has 29 heavy (non-hydrogen) atoms. The quantitative estimate of drug-likeness (QED) is 0.233. The van der Waals surface area contributed by atoms with Crippen LogP contribution in [0, 0.1) is 0 Å². The number of rotatable bonds is 5. The molecule has 1 aromatic carbocycles. The van der Waals surface area contributed by atoms with E-state index in [1.807, 2.05) is 0 Å². The van der Waals surface area contributed by atoms with E-state index in [0.717, 1.165) is 0 Å². The Morgan fingerprint density at radius 1 is 1.28 bits per heavy atom. The van der Waals surface area contributed by atoms with Crippen molar-refractivity contribution < 1.29 is 25.2 Å². The van der Waals surface area contributed by atoms with E-state index in [0.29, 0.717) is 5.56 Å². The highest BCUT2D eigenvalue weighted by Crippen LogP contribution is 2.35. The summed E-state index contributed by atoms with van der Waals surface area (Å²) in [6, 6.07) is 6.46. The van der Waals surface area contributed by atoms with Crippen molar-refractivity contribution >= 4 is 29.1 Å². The van der Waals surface area contributed by atoms with Gasteiger partial charge in [0.15, 0.2) is 23.2 Å². The summed E-state index contributed by atoms with van der Waals surface area (Å²) < 4.78 is 6.98. The number of hydrogen-bond donors (Lipinski definition) is 6. The molecule has 0 unspecified atom stereocenters. The molecule has 0 saturated carbocycles. The van der Waals surface area contributed by atoms with Crippen LogP contribution in [-0.2, 0) is 4.74 Å². The van der Waals surface area contributed by atoms with Crippen molar-refractivity contribution in [3.8, 4) is 5.75 Å². The number of fused-ring (bicyclic) bond motifs is 1. The smallest absolute Gasteiger partial charge is 0.228 e. The Hall–Kier alpha value is -3.32. The summed E-state index contributed by atoms with van der Waals surface area (Å²) in [5, 5.41) is 43.5. The highest BCUT2D eigenvalue weighted by molar-refractivity contribution is 5.84. The van der Waals surface area contributed by atoms with Gasteiger partial charge in [-0.3, -0.25) is 4.57 Å². The highest BCUT2D eigenvalue weighted by atomic mass is 16.6. The van der Waals surface area contributed by atoms with Crippen LogP contribution in [0.4, 0.5) is 11.8 Å². The molecule has 1 aliphatic heterocycles. The summed E-state index contributed by atoms with van der Waals surface area (Å²) in [4.78, 5) is 12.4. The Kier molecular flexibility index (Phi) is 4.98. The zero-order chi connectivity index (χ0) is 20.5. The number of nitrogens with two attached hydrogens (primary N) is 1. The molecule has 0 spiro atoms. The number of nitrogens with zero attached hydrogens (tertiary/aromatic N) is 5. The standard InChI is InChI=1S/C17H19N7O5/c18-14-11-15(20-7-19-14)24(16-13(28)12(27)10(6-25)29-16)17(22-11)23-21-5-8-2-1-3-9(26)4-8/h1-5,7,10,12-13,16,25-28H,6H2,(H,22,23)(H2,18,19,20)/b21-5-/t10-,12+,13-,16-/m0/s1. The number of ether oxygens (including phenoxy) is 1. The van der Waals surface area contributed by atoms with Crippen molar-refractivity contribution in [3.63, 3.8) is 0 Å². The second-order valence-electron chi connectivity index (χ2n) is 6.43. The average Bonchev–Trinajstić information content (AvgIpc) is 3.20. The molecule has 0 aliphatic carbocycles. The van der Waals surface area contributed by atoms with Crippen LogP contribution >= 0.6 is 0 Å². The number of nitrogen functional groups attached to an aromatic ring is 1. The van der Waals surface area contributed by atoms with Crippen LogP contribution in [0.5, 0.6) is 5.75 Å². The van der Waals surface area contributed by atoms with Gasteiger partial charge in [0.2, 0.25) is 5.95 Å². The largest absolute Gasteiger partial charge is 0.508 e. The van der Waals surface area contributed by atoms with Gasteiger partial charge in [0.05, 0.1) is 12.8 Å². The number of imidazole rings is 1. The van der Waals surface area contributed by atoms with Crippen molar-refractivity contribution in [2.45, 2.75) is 24.5 Å². The van der Waals surface area contributed by atoms with Gasteiger partial charge in [-0.05, 0) is 17.7 Å². The Labute approximate surface area is 163 Å². The van der Waals surface area contributed by atoms with Crippen LogP contribution in [0.15, 0.2) is 35.7 Å². The molecule has 1 saturated heterocycles. The van der Waals surface area contributed by atoms with E-state index >= 15 is 0 Å². The first-order chi connectivity index (χ1) is 14.0. The fourth-order valence-corrected chi connectivity index (χ4v) is 3.11. The van der Waals surface area contributed by atoms with Crippen molar-refractivity contribution in [1.29, 1.82) is 0 Å². The number of aliphatic hydroxyl groups excluding tert-OH is 3. The molecule has 2 aromatic heterocycles. The third-order valence-corrected chi connectivity index (χ3v) is 4.53. The van der Waals surface area contributed by atoms with Gasteiger partial charge < -0.3 is 30.9 Å². The number of aromatic nitrogens is 4. The van der Waals surface area contributed by atoms with Gasteiger partial charge in [0.25, 0.3) is 0 Å². The Bertz CT molecular complexity index is 1060. The minimum Gasteiger partial charge on any atom is -0.508 e.